The number of nitrogens with two attached hydrogens (primary N) is 1. The number of benzene rings is 2. The zero-order valence-corrected chi connectivity index (χ0v) is 14.5. The van der Waals surface area contributed by atoms with Gasteiger partial charge in [0.15, 0.2) is 0 Å². The van der Waals surface area contributed by atoms with E-state index in [2.05, 4.69) is 10.6 Å². The van der Waals surface area contributed by atoms with Gasteiger partial charge in [-0.2, -0.15) is 5.26 Å². The van der Waals surface area contributed by atoms with Gasteiger partial charge in [-0.3, -0.25) is 4.79 Å². The molecule has 2 rings (SSSR count). The Morgan fingerprint density at radius 2 is 1.88 bits per heavy atom. The van der Waals surface area contributed by atoms with Gasteiger partial charge < -0.3 is 15.7 Å². The predicted octanol–water partition coefficient (Wildman–Crippen LogP) is 1.81. The van der Waals surface area contributed by atoms with Crippen molar-refractivity contribution in [2.75, 3.05) is 10.6 Å². The van der Waals surface area contributed by atoms with E-state index >= 15 is 0 Å². The van der Waals surface area contributed by atoms with Crippen LogP contribution in [0.15, 0.2) is 59.1 Å². The first-order valence-corrected chi connectivity index (χ1v) is 8.86. The van der Waals surface area contributed by atoms with E-state index in [4.69, 9.17) is 10.4 Å². The third-order valence-electron chi connectivity index (χ3n) is 3.39. The number of primary sulfonamides is 1. The number of carbonyl (C=O) groups excluding carboxylic acids is 1. The summed E-state index contributed by atoms with van der Waals surface area (Å²) in [6.45, 7) is 1.76. The molecule has 0 saturated heterocycles. The molecule has 0 bridgehead atoms. The smallest absolute Gasteiger partial charge is 0.267 e. The molecule has 0 aromatic heterocycles. The van der Waals surface area contributed by atoms with E-state index in [9.17, 15) is 18.3 Å². The molecule has 0 unspecified atom stereocenters. The number of phenolic OH excluding ortho intramolecular Hbond substituents is 1. The molecule has 0 fully saturated rings. The van der Waals surface area contributed by atoms with Gasteiger partial charge >= 0.3 is 0 Å². The number of carbonyl (C=O) groups is 1. The van der Waals surface area contributed by atoms with Crippen molar-refractivity contribution in [1.29, 1.82) is 5.26 Å². The van der Waals surface area contributed by atoms with Crippen LogP contribution in [0.5, 0.6) is 5.75 Å². The molecule has 0 radical (unpaired) electrons. The number of nitrogens with one attached hydrogen (secondary N) is 2. The van der Waals surface area contributed by atoms with Crippen LogP contribution in [0.25, 0.3) is 0 Å². The predicted molar refractivity (Wildman–Crippen MR) is 96.6 cm³/mol. The minimum atomic E-state index is -3.82. The quantitative estimate of drug-likeness (QED) is 0.358. The summed E-state index contributed by atoms with van der Waals surface area (Å²) in [7, 11) is -3.82. The first-order valence-electron chi connectivity index (χ1n) is 7.31. The zero-order chi connectivity index (χ0) is 19.3. The minimum Gasteiger partial charge on any atom is -0.508 e. The van der Waals surface area contributed by atoms with Crippen LogP contribution in [-0.4, -0.2) is 19.4 Å². The van der Waals surface area contributed by atoms with Crippen LogP contribution >= 0.6 is 0 Å². The van der Waals surface area contributed by atoms with Gasteiger partial charge in [-0.1, -0.05) is 0 Å². The number of hydrogen-bond donors (Lipinski definition) is 4. The highest BCUT2D eigenvalue weighted by Gasteiger charge is 2.11. The fourth-order valence-electron chi connectivity index (χ4n) is 2.03. The van der Waals surface area contributed by atoms with Crippen molar-refractivity contribution in [3.05, 3.63) is 59.8 Å². The van der Waals surface area contributed by atoms with Gasteiger partial charge in [-0.15, -0.1) is 0 Å². The molecular weight excluding hydrogens is 356 g/mol. The Morgan fingerprint density at radius 3 is 2.42 bits per heavy atom. The lowest BCUT2D eigenvalue weighted by Crippen LogP contribution is -2.15. The van der Waals surface area contributed by atoms with Crippen LogP contribution in [0.3, 0.4) is 0 Å². The Morgan fingerprint density at radius 1 is 1.23 bits per heavy atom. The van der Waals surface area contributed by atoms with Crippen molar-refractivity contribution in [1.82, 2.24) is 0 Å². The standard InChI is InChI=1S/C17H16N4O4S/c1-11-8-14(22)4-7-16(11)20-10-12(9-18)17(23)21-13-2-5-15(6-3-13)26(19,24)25/h2-8,10,20,22H,1H3,(H,21,23)(H2,19,24,25)/b12-10-. The van der Waals surface area contributed by atoms with Gasteiger partial charge in [0, 0.05) is 17.6 Å². The first kappa shape index (κ1) is 19.0. The molecule has 5 N–H and O–H groups in total. The van der Waals surface area contributed by atoms with Crippen LogP contribution in [0.4, 0.5) is 11.4 Å². The van der Waals surface area contributed by atoms with Crippen molar-refractivity contribution in [3.63, 3.8) is 0 Å². The van der Waals surface area contributed by atoms with Crippen molar-refractivity contribution in [2.45, 2.75) is 11.8 Å². The third-order valence-corrected chi connectivity index (χ3v) is 4.32. The van der Waals surface area contributed by atoms with E-state index in [-0.39, 0.29) is 16.2 Å². The van der Waals surface area contributed by atoms with Crippen molar-refractivity contribution < 1.29 is 18.3 Å². The zero-order valence-electron chi connectivity index (χ0n) is 13.7. The normalized spacial score (nSPS) is 11.5. The van der Waals surface area contributed by atoms with Crippen LogP contribution in [-0.2, 0) is 14.8 Å². The Bertz CT molecular complexity index is 1010. The summed E-state index contributed by atoms with van der Waals surface area (Å²) in [5.41, 5.74) is 1.48. The van der Waals surface area contributed by atoms with Gasteiger partial charge in [0.2, 0.25) is 10.0 Å². The molecule has 0 spiro atoms. The monoisotopic (exact) mass is 372 g/mol. The number of hydrogen-bond acceptors (Lipinski definition) is 6. The molecule has 9 heteroatoms. The lowest BCUT2D eigenvalue weighted by molar-refractivity contribution is -0.112. The van der Waals surface area contributed by atoms with E-state index in [1.54, 1.807) is 19.1 Å². The molecule has 0 aliphatic rings. The van der Waals surface area contributed by atoms with Gasteiger partial charge in [0.1, 0.15) is 17.4 Å². The Kier molecular flexibility index (Phi) is 5.61. The SMILES string of the molecule is Cc1cc(O)ccc1N/C=C(/C#N)C(=O)Nc1ccc(S(N)(=O)=O)cc1. The molecule has 0 heterocycles. The molecule has 0 aliphatic heterocycles. The van der Waals surface area contributed by atoms with Gasteiger partial charge in [-0.05, 0) is 55.0 Å². The summed E-state index contributed by atoms with van der Waals surface area (Å²) in [5, 5.41) is 28.9. The van der Waals surface area contributed by atoms with Crippen LogP contribution in [0.1, 0.15) is 5.56 Å². The maximum Gasteiger partial charge on any atom is 0.267 e. The fraction of sp³-hybridized carbons (Fsp3) is 0.0588. The summed E-state index contributed by atoms with van der Waals surface area (Å²) < 4.78 is 22.4. The first-order chi connectivity index (χ1) is 12.2. The molecule has 2 aromatic carbocycles. The second-order valence-electron chi connectivity index (χ2n) is 5.34. The average molecular weight is 372 g/mol. The molecule has 0 atom stereocenters. The second-order valence-corrected chi connectivity index (χ2v) is 6.90. The van der Waals surface area contributed by atoms with Gasteiger partial charge in [0.05, 0.1) is 4.90 Å². The number of nitrogens with zero attached hydrogens (tertiary/aromatic N) is 1. The molecule has 0 saturated carbocycles. The second kappa shape index (κ2) is 7.69. The topological polar surface area (TPSA) is 145 Å². The van der Waals surface area contributed by atoms with E-state index < -0.39 is 15.9 Å². The van der Waals surface area contributed by atoms with Gasteiger partial charge in [0.25, 0.3) is 5.91 Å². The number of aryl methyl sites for hydroxylation is 1. The highest BCUT2D eigenvalue weighted by Crippen LogP contribution is 2.20. The maximum atomic E-state index is 12.2. The summed E-state index contributed by atoms with van der Waals surface area (Å²) in [6, 6.07) is 11.6. The van der Waals surface area contributed by atoms with Crippen molar-refractivity contribution in [2.24, 2.45) is 5.14 Å². The summed E-state index contributed by atoms with van der Waals surface area (Å²) >= 11 is 0. The Balaban J connectivity index is 2.12. The largest absolute Gasteiger partial charge is 0.508 e. The molecule has 1 amide bonds. The minimum absolute atomic E-state index is 0.0870. The summed E-state index contributed by atoms with van der Waals surface area (Å²) in [6.07, 6.45) is 1.24. The maximum absolute atomic E-state index is 12.2. The Hall–Kier alpha value is -3.35. The number of anilines is 2. The van der Waals surface area contributed by atoms with Crippen molar-refractivity contribution in [3.8, 4) is 11.8 Å². The number of nitriles is 1. The summed E-state index contributed by atoms with van der Waals surface area (Å²) in [5.74, 6) is -0.557. The number of rotatable bonds is 5. The number of aromatic hydroxyl groups is 1. The van der Waals surface area contributed by atoms with E-state index in [1.165, 1.54) is 42.6 Å². The fourth-order valence-corrected chi connectivity index (χ4v) is 2.55. The van der Waals surface area contributed by atoms with E-state index in [0.717, 1.165) is 5.56 Å². The molecule has 8 nitrogen and oxygen atoms in total. The molecule has 134 valence electrons. The highest BCUT2D eigenvalue weighted by molar-refractivity contribution is 7.89. The van der Waals surface area contributed by atoms with Crippen LogP contribution in [0.2, 0.25) is 0 Å². The molecular formula is C17H16N4O4S. The number of sulfonamides is 1. The van der Waals surface area contributed by atoms with E-state index in [0.29, 0.717) is 11.4 Å². The highest BCUT2D eigenvalue weighted by atomic mass is 32.2. The van der Waals surface area contributed by atoms with Crippen LogP contribution < -0.4 is 15.8 Å². The molecule has 26 heavy (non-hydrogen) atoms. The third kappa shape index (κ3) is 4.83. The lowest BCUT2D eigenvalue weighted by atomic mass is 10.2. The van der Waals surface area contributed by atoms with Crippen molar-refractivity contribution >= 4 is 27.3 Å². The van der Waals surface area contributed by atoms with E-state index in [1.807, 2.05) is 0 Å². The number of phenols is 1. The molecule has 0 aliphatic carbocycles. The molecule has 2 aromatic rings. The average Bonchev–Trinajstić information content (AvgIpc) is 2.56. The van der Waals surface area contributed by atoms with Gasteiger partial charge in [-0.25, -0.2) is 13.6 Å². The number of amides is 1. The van der Waals surface area contributed by atoms with Crippen LogP contribution in [0, 0.1) is 18.3 Å². The Labute approximate surface area is 150 Å². The lowest BCUT2D eigenvalue weighted by Gasteiger charge is -2.08. The summed E-state index contributed by atoms with van der Waals surface area (Å²) in [4.78, 5) is 12.1.